The third-order valence-electron chi connectivity index (χ3n) is 5.61. The molecular weight excluding hydrogens is 382 g/mol. The van der Waals surface area contributed by atoms with Gasteiger partial charge in [-0.15, -0.1) is 0 Å². The molecule has 1 saturated carbocycles. The number of ether oxygens (including phenoxy) is 1. The van der Waals surface area contributed by atoms with E-state index in [4.69, 9.17) is 4.74 Å². The molecule has 1 amide bonds. The van der Waals surface area contributed by atoms with Crippen molar-refractivity contribution in [2.45, 2.75) is 38.3 Å². The van der Waals surface area contributed by atoms with E-state index in [0.717, 1.165) is 34.9 Å². The number of carbonyl (C=O) groups excluding carboxylic acids is 1. The van der Waals surface area contributed by atoms with Crippen molar-refractivity contribution in [3.05, 3.63) is 36.8 Å². The minimum absolute atomic E-state index is 0.0108. The number of aromatic amines is 1. The zero-order valence-corrected chi connectivity index (χ0v) is 17.1. The Bertz CT molecular complexity index is 1250. The molecule has 9 heteroatoms. The molecule has 1 fully saturated rings. The largest absolute Gasteiger partial charge is 0.480 e. The molecule has 0 spiro atoms. The summed E-state index contributed by atoms with van der Waals surface area (Å²) in [6, 6.07) is 6.23. The molecule has 5 rings (SSSR count). The SMILES string of the molecule is COc1nc(N[C@H]2C[C@](C)(NC(C)=O)C2)nc2[nH]cc(-c3ccn4nccc4c3)c12. The van der Waals surface area contributed by atoms with Crippen LogP contribution in [0, 0.1) is 0 Å². The molecule has 1 aliphatic rings. The van der Waals surface area contributed by atoms with Crippen LogP contribution in [-0.2, 0) is 4.79 Å². The summed E-state index contributed by atoms with van der Waals surface area (Å²) in [5, 5.41) is 11.4. The van der Waals surface area contributed by atoms with Gasteiger partial charge in [0.15, 0.2) is 0 Å². The van der Waals surface area contributed by atoms with Crippen LogP contribution in [0.2, 0.25) is 0 Å². The number of rotatable bonds is 5. The van der Waals surface area contributed by atoms with Gasteiger partial charge in [0.25, 0.3) is 0 Å². The van der Waals surface area contributed by atoms with E-state index in [2.05, 4.69) is 36.8 Å². The lowest BCUT2D eigenvalue weighted by molar-refractivity contribution is -0.121. The summed E-state index contributed by atoms with van der Waals surface area (Å²) in [5.41, 5.74) is 3.54. The Labute approximate surface area is 172 Å². The third-order valence-corrected chi connectivity index (χ3v) is 5.61. The molecule has 0 bridgehead atoms. The average molecular weight is 405 g/mol. The maximum atomic E-state index is 11.3. The minimum atomic E-state index is -0.177. The zero-order valence-electron chi connectivity index (χ0n) is 17.1. The maximum Gasteiger partial charge on any atom is 0.228 e. The van der Waals surface area contributed by atoms with Crippen molar-refractivity contribution in [2.24, 2.45) is 0 Å². The highest BCUT2D eigenvalue weighted by Gasteiger charge is 2.41. The summed E-state index contributed by atoms with van der Waals surface area (Å²) in [6.07, 6.45) is 7.25. The van der Waals surface area contributed by atoms with Gasteiger partial charge in [0.1, 0.15) is 5.65 Å². The second-order valence-corrected chi connectivity index (χ2v) is 8.09. The fraction of sp³-hybridized carbons (Fsp3) is 0.333. The first-order chi connectivity index (χ1) is 14.4. The molecule has 1 aliphatic carbocycles. The molecule has 9 nitrogen and oxygen atoms in total. The van der Waals surface area contributed by atoms with E-state index in [1.165, 1.54) is 0 Å². The van der Waals surface area contributed by atoms with E-state index in [9.17, 15) is 4.79 Å². The Morgan fingerprint density at radius 2 is 2.17 bits per heavy atom. The molecule has 4 heterocycles. The Morgan fingerprint density at radius 3 is 2.93 bits per heavy atom. The van der Waals surface area contributed by atoms with Crippen molar-refractivity contribution in [1.82, 2.24) is 29.9 Å². The number of methoxy groups -OCH3 is 1. The maximum absolute atomic E-state index is 11.3. The van der Waals surface area contributed by atoms with Crippen LogP contribution in [0.1, 0.15) is 26.7 Å². The van der Waals surface area contributed by atoms with Crippen LogP contribution in [0.4, 0.5) is 5.95 Å². The van der Waals surface area contributed by atoms with Crippen LogP contribution in [0.25, 0.3) is 27.7 Å². The topological polar surface area (TPSA) is 109 Å². The van der Waals surface area contributed by atoms with Crippen LogP contribution in [0.3, 0.4) is 0 Å². The molecule has 154 valence electrons. The van der Waals surface area contributed by atoms with Crippen molar-refractivity contribution in [2.75, 3.05) is 12.4 Å². The Morgan fingerprint density at radius 1 is 1.33 bits per heavy atom. The first-order valence-corrected chi connectivity index (χ1v) is 9.86. The average Bonchev–Trinajstić information content (AvgIpc) is 3.31. The number of hydrogen-bond donors (Lipinski definition) is 3. The fourth-order valence-electron chi connectivity index (χ4n) is 4.37. The van der Waals surface area contributed by atoms with E-state index in [-0.39, 0.29) is 17.5 Å². The number of pyridine rings is 1. The summed E-state index contributed by atoms with van der Waals surface area (Å²) < 4.78 is 7.42. The van der Waals surface area contributed by atoms with Gasteiger partial charge in [0.05, 0.1) is 18.0 Å². The highest BCUT2D eigenvalue weighted by molar-refractivity contribution is 5.98. The van der Waals surface area contributed by atoms with E-state index in [1.807, 2.05) is 36.0 Å². The molecule has 0 saturated heterocycles. The van der Waals surface area contributed by atoms with Crippen molar-refractivity contribution in [1.29, 1.82) is 0 Å². The number of carbonyl (C=O) groups is 1. The van der Waals surface area contributed by atoms with Crippen LogP contribution >= 0.6 is 0 Å². The Kier molecular flexibility index (Phi) is 4.12. The lowest BCUT2D eigenvalue weighted by Crippen LogP contribution is -2.59. The van der Waals surface area contributed by atoms with E-state index >= 15 is 0 Å². The summed E-state index contributed by atoms with van der Waals surface area (Å²) >= 11 is 0. The van der Waals surface area contributed by atoms with Crippen molar-refractivity contribution in [3.8, 4) is 17.0 Å². The number of amides is 1. The Balaban J connectivity index is 1.44. The van der Waals surface area contributed by atoms with Crippen molar-refractivity contribution < 1.29 is 9.53 Å². The highest BCUT2D eigenvalue weighted by Crippen LogP contribution is 2.37. The normalized spacial score (nSPS) is 20.8. The number of anilines is 1. The standard InChI is InChI=1S/C21H23N7O2/c1-12(29)27-21(2)9-14(10-21)24-20-25-18-17(19(26-20)30-3)16(11-22-18)13-5-7-28-15(8-13)4-6-23-28/h4-8,11,14H,9-10H2,1-3H3,(H,27,29)(H2,22,24,25,26)/t14-,21-. The van der Waals surface area contributed by atoms with Gasteiger partial charge in [-0.25, -0.2) is 4.52 Å². The number of fused-ring (bicyclic) bond motifs is 2. The second-order valence-electron chi connectivity index (χ2n) is 8.09. The molecule has 4 aromatic heterocycles. The molecule has 0 unspecified atom stereocenters. The van der Waals surface area contributed by atoms with Gasteiger partial charge in [-0.05, 0) is 43.5 Å². The number of H-pyrrole nitrogens is 1. The van der Waals surface area contributed by atoms with Crippen LogP contribution in [0.15, 0.2) is 36.8 Å². The molecule has 0 aromatic carbocycles. The number of aromatic nitrogens is 5. The molecule has 0 radical (unpaired) electrons. The molecule has 0 atom stereocenters. The van der Waals surface area contributed by atoms with Crippen molar-refractivity contribution in [3.63, 3.8) is 0 Å². The molecule has 0 aliphatic heterocycles. The zero-order chi connectivity index (χ0) is 20.9. The summed E-state index contributed by atoms with van der Waals surface area (Å²) in [7, 11) is 1.61. The minimum Gasteiger partial charge on any atom is -0.480 e. The van der Waals surface area contributed by atoms with E-state index in [0.29, 0.717) is 17.5 Å². The molecule has 30 heavy (non-hydrogen) atoms. The molecule has 4 aromatic rings. The van der Waals surface area contributed by atoms with Crippen LogP contribution in [0.5, 0.6) is 5.88 Å². The fourth-order valence-corrected chi connectivity index (χ4v) is 4.37. The second kappa shape index (κ2) is 6.72. The highest BCUT2D eigenvalue weighted by atomic mass is 16.5. The monoisotopic (exact) mass is 405 g/mol. The first kappa shape index (κ1) is 18.4. The van der Waals surface area contributed by atoms with Gasteiger partial charge < -0.3 is 20.4 Å². The van der Waals surface area contributed by atoms with E-state index in [1.54, 1.807) is 20.2 Å². The van der Waals surface area contributed by atoms with Crippen LogP contribution < -0.4 is 15.4 Å². The van der Waals surface area contributed by atoms with Gasteiger partial charge >= 0.3 is 0 Å². The summed E-state index contributed by atoms with van der Waals surface area (Å²) in [5.74, 6) is 1.01. The van der Waals surface area contributed by atoms with Gasteiger partial charge in [0, 0.05) is 42.7 Å². The van der Waals surface area contributed by atoms with Gasteiger partial charge in [0.2, 0.25) is 17.7 Å². The summed E-state index contributed by atoms with van der Waals surface area (Å²) in [4.78, 5) is 23.8. The predicted molar refractivity (Wildman–Crippen MR) is 113 cm³/mol. The van der Waals surface area contributed by atoms with Gasteiger partial charge in [-0.3, -0.25) is 4.79 Å². The lowest BCUT2D eigenvalue weighted by atomic mass is 9.74. The van der Waals surface area contributed by atoms with Crippen molar-refractivity contribution >= 4 is 28.4 Å². The van der Waals surface area contributed by atoms with Crippen LogP contribution in [-0.4, -0.2) is 49.2 Å². The Hall–Kier alpha value is -3.62. The van der Waals surface area contributed by atoms with Gasteiger partial charge in [-0.1, -0.05) is 0 Å². The summed E-state index contributed by atoms with van der Waals surface area (Å²) in [6.45, 7) is 3.59. The number of nitrogens with one attached hydrogen (secondary N) is 3. The van der Waals surface area contributed by atoms with E-state index < -0.39 is 0 Å². The molecule has 3 N–H and O–H groups in total. The smallest absolute Gasteiger partial charge is 0.228 e. The molecular formula is C21H23N7O2. The third kappa shape index (κ3) is 3.12. The first-order valence-electron chi connectivity index (χ1n) is 9.86. The lowest BCUT2D eigenvalue weighted by Gasteiger charge is -2.45. The number of hydrogen-bond acceptors (Lipinski definition) is 6. The quantitative estimate of drug-likeness (QED) is 0.471. The predicted octanol–water partition coefficient (Wildman–Crippen LogP) is 2.75. The number of nitrogens with zero attached hydrogens (tertiary/aromatic N) is 4. The van der Waals surface area contributed by atoms with Gasteiger partial charge in [-0.2, -0.15) is 15.1 Å².